The van der Waals surface area contributed by atoms with Gasteiger partial charge in [0.1, 0.15) is 17.5 Å². The zero-order valence-corrected chi connectivity index (χ0v) is 16.2. The van der Waals surface area contributed by atoms with Gasteiger partial charge in [0.05, 0.1) is 7.11 Å². The summed E-state index contributed by atoms with van der Waals surface area (Å²) < 4.78 is 16.6. The second-order valence-electron chi connectivity index (χ2n) is 6.76. The van der Waals surface area contributed by atoms with Crippen LogP contribution in [0.3, 0.4) is 0 Å². The number of methoxy groups -OCH3 is 2. The minimum atomic E-state index is -0.513. The van der Waals surface area contributed by atoms with Gasteiger partial charge in [0.25, 0.3) is 5.91 Å². The van der Waals surface area contributed by atoms with Crippen molar-refractivity contribution >= 4 is 5.91 Å². The molecule has 1 aliphatic heterocycles. The Balaban J connectivity index is 1.80. The fourth-order valence-corrected chi connectivity index (χ4v) is 3.42. The van der Waals surface area contributed by atoms with E-state index in [1.807, 2.05) is 60.4 Å². The molecule has 0 aliphatic carbocycles. The number of unbranched alkanes of at least 4 members (excludes halogenated alkanes) is 1. The molecule has 0 spiro atoms. The second-order valence-corrected chi connectivity index (χ2v) is 6.76. The number of para-hydroxylation sites is 1. The van der Waals surface area contributed by atoms with Crippen molar-refractivity contribution in [2.45, 2.75) is 31.9 Å². The first kappa shape index (κ1) is 19.2. The minimum absolute atomic E-state index is 0.0310. The highest BCUT2D eigenvalue weighted by molar-refractivity contribution is 5.89. The van der Waals surface area contributed by atoms with Crippen LogP contribution in [0.4, 0.5) is 0 Å². The Bertz CT molecular complexity index is 776. The highest BCUT2D eigenvalue weighted by atomic mass is 16.5. The molecule has 144 valence electrons. The summed E-state index contributed by atoms with van der Waals surface area (Å²) in [5.74, 6) is 1.56. The van der Waals surface area contributed by atoms with Crippen LogP contribution in [-0.2, 0) is 9.53 Å². The fraction of sp³-hybridized carbons (Fsp3) is 0.409. The van der Waals surface area contributed by atoms with Crippen LogP contribution >= 0.6 is 0 Å². The van der Waals surface area contributed by atoms with Crippen LogP contribution in [0, 0.1) is 6.92 Å². The van der Waals surface area contributed by atoms with Gasteiger partial charge in [-0.1, -0.05) is 30.3 Å². The molecule has 1 heterocycles. The molecule has 5 heteroatoms. The van der Waals surface area contributed by atoms with Gasteiger partial charge < -0.3 is 19.1 Å². The van der Waals surface area contributed by atoms with Crippen molar-refractivity contribution in [1.82, 2.24) is 4.90 Å². The molecule has 0 aromatic heterocycles. The molecule has 5 nitrogen and oxygen atoms in total. The number of aryl methyl sites for hydroxylation is 1. The van der Waals surface area contributed by atoms with Gasteiger partial charge >= 0.3 is 0 Å². The van der Waals surface area contributed by atoms with Crippen molar-refractivity contribution in [3.63, 3.8) is 0 Å². The van der Waals surface area contributed by atoms with E-state index in [-0.39, 0.29) is 11.9 Å². The van der Waals surface area contributed by atoms with Crippen LogP contribution in [-0.4, -0.2) is 44.3 Å². The SMILES string of the molecule is COCCCCN1C(=O)[C@@H](Oc2ccccc2C)[C@@H]1c1cccc(OC)c1. The van der Waals surface area contributed by atoms with E-state index in [2.05, 4.69) is 0 Å². The molecular weight excluding hydrogens is 342 g/mol. The van der Waals surface area contributed by atoms with Crippen LogP contribution in [0.25, 0.3) is 0 Å². The van der Waals surface area contributed by atoms with Crippen molar-refractivity contribution in [2.24, 2.45) is 0 Å². The van der Waals surface area contributed by atoms with Gasteiger partial charge in [-0.3, -0.25) is 4.79 Å². The van der Waals surface area contributed by atoms with Gasteiger partial charge in [-0.25, -0.2) is 0 Å². The third-order valence-corrected chi connectivity index (χ3v) is 4.93. The number of hydrogen-bond donors (Lipinski definition) is 0. The summed E-state index contributed by atoms with van der Waals surface area (Å²) in [6.45, 7) is 3.38. The Labute approximate surface area is 160 Å². The summed E-state index contributed by atoms with van der Waals surface area (Å²) in [4.78, 5) is 14.7. The molecule has 2 atom stereocenters. The first-order chi connectivity index (χ1) is 13.2. The van der Waals surface area contributed by atoms with Gasteiger partial charge in [-0.15, -0.1) is 0 Å². The van der Waals surface area contributed by atoms with E-state index in [0.717, 1.165) is 35.5 Å². The van der Waals surface area contributed by atoms with Crippen LogP contribution < -0.4 is 9.47 Å². The lowest BCUT2D eigenvalue weighted by Gasteiger charge is -2.47. The van der Waals surface area contributed by atoms with Crippen LogP contribution in [0.1, 0.15) is 30.0 Å². The highest BCUT2D eigenvalue weighted by Crippen LogP contribution is 2.39. The molecule has 1 amide bonds. The quantitative estimate of drug-likeness (QED) is 0.499. The Kier molecular flexibility index (Phi) is 6.35. The molecule has 2 aromatic carbocycles. The summed E-state index contributed by atoms with van der Waals surface area (Å²) in [6, 6.07) is 15.5. The van der Waals surface area contributed by atoms with E-state index < -0.39 is 6.10 Å². The number of benzene rings is 2. The molecule has 1 fully saturated rings. The van der Waals surface area contributed by atoms with Crippen LogP contribution in [0.15, 0.2) is 48.5 Å². The third kappa shape index (κ3) is 4.25. The first-order valence-electron chi connectivity index (χ1n) is 9.31. The normalized spacial score (nSPS) is 18.9. The van der Waals surface area contributed by atoms with Gasteiger partial charge in [0, 0.05) is 20.3 Å². The van der Waals surface area contributed by atoms with Gasteiger partial charge in [0.15, 0.2) is 0 Å². The van der Waals surface area contributed by atoms with E-state index in [1.165, 1.54) is 0 Å². The molecule has 1 saturated heterocycles. The molecule has 27 heavy (non-hydrogen) atoms. The zero-order chi connectivity index (χ0) is 19.2. The second kappa shape index (κ2) is 8.91. The first-order valence-corrected chi connectivity index (χ1v) is 9.31. The molecule has 3 rings (SSSR count). The lowest BCUT2D eigenvalue weighted by Crippen LogP contribution is -2.61. The molecule has 0 radical (unpaired) electrons. The number of carbonyl (C=O) groups excluding carboxylic acids is 1. The summed E-state index contributed by atoms with van der Waals surface area (Å²) in [5, 5.41) is 0. The van der Waals surface area contributed by atoms with Gasteiger partial charge in [-0.2, -0.15) is 0 Å². The van der Waals surface area contributed by atoms with E-state index in [9.17, 15) is 4.79 Å². The maximum Gasteiger partial charge on any atom is 0.266 e. The van der Waals surface area contributed by atoms with Crippen molar-refractivity contribution in [2.75, 3.05) is 27.4 Å². The predicted molar refractivity (Wildman–Crippen MR) is 104 cm³/mol. The van der Waals surface area contributed by atoms with Gasteiger partial charge in [0.2, 0.25) is 6.10 Å². The lowest BCUT2D eigenvalue weighted by atomic mass is 9.90. The zero-order valence-electron chi connectivity index (χ0n) is 16.2. The number of hydrogen-bond acceptors (Lipinski definition) is 4. The van der Waals surface area contributed by atoms with Crippen molar-refractivity contribution < 1.29 is 19.0 Å². The van der Waals surface area contributed by atoms with E-state index in [4.69, 9.17) is 14.2 Å². The number of carbonyl (C=O) groups is 1. The largest absolute Gasteiger partial charge is 0.497 e. The summed E-state index contributed by atoms with van der Waals surface area (Å²) in [5.41, 5.74) is 2.05. The number of amides is 1. The van der Waals surface area contributed by atoms with Crippen LogP contribution in [0.5, 0.6) is 11.5 Å². The number of rotatable bonds is 9. The van der Waals surface area contributed by atoms with Gasteiger partial charge in [-0.05, 0) is 49.1 Å². The fourth-order valence-electron chi connectivity index (χ4n) is 3.42. The standard InChI is InChI=1S/C22H27NO4/c1-16-9-4-5-12-19(16)27-21-20(17-10-8-11-18(15-17)26-3)23(22(21)24)13-6-7-14-25-2/h4-5,8-12,15,20-21H,6-7,13-14H2,1-3H3/t20-,21-/m0/s1. The Morgan fingerprint density at radius 3 is 2.59 bits per heavy atom. The Morgan fingerprint density at radius 2 is 1.85 bits per heavy atom. The Hall–Kier alpha value is -2.53. The molecule has 0 N–H and O–H groups in total. The molecule has 2 aromatic rings. The molecule has 1 aliphatic rings. The van der Waals surface area contributed by atoms with E-state index in [0.29, 0.717) is 13.2 Å². The van der Waals surface area contributed by atoms with Crippen molar-refractivity contribution in [1.29, 1.82) is 0 Å². The summed E-state index contributed by atoms with van der Waals surface area (Å²) >= 11 is 0. The van der Waals surface area contributed by atoms with E-state index >= 15 is 0 Å². The smallest absolute Gasteiger partial charge is 0.266 e. The minimum Gasteiger partial charge on any atom is -0.497 e. The predicted octanol–water partition coefficient (Wildman–Crippen LogP) is 3.76. The molecular formula is C22H27NO4. The monoisotopic (exact) mass is 369 g/mol. The third-order valence-electron chi connectivity index (χ3n) is 4.93. The average molecular weight is 369 g/mol. The maximum absolute atomic E-state index is 12.8. The number of likely N-dealkylation sites (tertiary alicyclic amines) is 1. The number of β-lactam (4-membered cyclic amide) rings is 1. The highest BCUT2D eigenvalue weighted by Gasteiger charge is 2.49. The van der Waals surface area contributed by atoms with E-state index in [1.54, 1.807) is 14.2 Å². The number of ether oxygens (including phenoxy) is 3. The number of nitrogens with zero attached hydrogens (tertiary/aromatic N) is 1. The van der Waals surface area contributed by atoms with Crippen molar-refractivity contribution in [3.05, 3.63) is 59.7 Å². The Morgan fingerprint density at radius 1 is 1.04 bits per heavy atom. The van der Waals surface area contributed by atoms with Crippen LogP contribution in [0.2, 0.25) is 0 Å². The van der Waals surface area contributed by atoms with Crippen molar-refractivity contribution in [3.8, 4) is 11.5 Å². The molecule has 0 bridgehead atoms. The average Bonchev–Trinajstić information content (AvgIpc) is 2.70. The maximum atomic E-state index is 12.8. The molecule has 0 unspecified atom stereocenters. The summed E-state index contributed by atoms with van der Waals surface area (Å²) in [7, 11) is 3.34. The lowest BCUT2D eigenvalue weighted by molar-refractivity contribution is -0.164. The molecule has 0 saturated carbocycles. The summed E-state index contributed by atoms with van der Waals surface area (Å²) in [6.07, 6.45) is 1.31. The topological polar surface area (TPSA) is 48.0 Å².